The molecule has 0 bridgehead atoms. The van der Waals surface area contributed by atoms with Crippen molar-refractivity contribution in [3.05, 3.63) is 89.2 Å². The standard InChI is InChI=1S/C28H28FN3O4/c1-30(2)19-9-6-17(7-10-19)25-24(26(33)22-16-18(29)8-15-23(22)36-5)27(34)28(35)32(25)21-13-11-20(12-14-21)31(3)4/h6-16,25,33H,1-5H3/b26-24+. The largest absolute Gasteiger partial charge is 0.507 e. The van der Waals surface area contributed by atoms with E-state index >= 15 is 0 Å². The van der Waals surface area contributed by atoms with E-state index in [1.165, 1.54) is 24.1 Å². The van der Waals surface area contributed by atoms with Crippen LogP contribution in [0, 0.1) is 5.82 Å². The zero-order valence-corrected chi connectivity index (χ0v) is 20.8. The van der Waals surface area contributed by atoms with Gasteiger partial charge in [-0.25, -0.2) is 4.39 Å². The van der Waals surface area contributed by atoms with E-state index in [-0.39, 0.29) is 16.9 Å². The molecule has 36 heavy (non-hydrogen) atoms. The highest BCUT2D eigenvalue weighted by atomic mass is 19.1. The van der Waals surface area contributed by atoms with E-state index in [9.17, 15) is 19.1 Å². The molecule has 0 saturated carbocycles. The summed E-state index contributed by atoms with van der Waals surface area (Å²) in [6.07, 6.45) is 0. The summed E-state index contributed by atoms with van der Waals surface area (Å²) in [5, 5.41) is 11.3. The van der Waals surface area contributed by atoms with Crippen molar-refractivity contribution >= 4 is 34.5 Å². The molecule has 0 spiro atoms. The number of nitrogens with zero attached hydrogens (tertiary/aromatic N) is 3. The van der Waals surface area contributed by atoms with Gasteiger partial charge in [-0.3, -0.25) is 14.5 Å². The summed E-state index contributed by atoms with van der Waals surface area (Å²) in [5.74, 6) is -2.59. The number of ketones is 1. The molecular weight excluding hydrogens is 461 g/mol. The number of rotatable bonds is 6. The van der Waals surface area contributed by atoms with Gasteiger partial charge in [0, 0.05) is 45.3 Å². The number of ether oxygens (including phenoxy) is 1. The normalized spacial score (nSPS) is 16.8. The molecule has 8 heteroatoms. The summed E-state index contributed by atoms with van der Waals surface area (Å²) >= 11 is 0. The third kappa shape index (κ3) is 4.37. The van der Waals surface area contributed by atoms with E-state index in [0.29, 0.717) is 11.3 Å². The van der Waals surface area contributed by atoms with Crippen molar-refractivity contribution in [1.82, 2.24) is 0 Å². The Balaban J connectivity index is 1.94. The molecule has 1 N–H and O–H groups in total. The molecule has 0 aliphatic carbocycles. The van der Waals surface area contributed by atoms with Gasteiger partial charge < -0.3 is 19.6 Å². The highest BCUT2D eigenvalue weighted by Gasteiger charge is 2.47. The number of carbonyl (C=O) groups is 2. The molecular formula is C28H28FN3O4. The lowest BCUT2D eigenvalue weighted by atomic mass is 9.94. The van der Waals surface area contributed by atoms with Crippen LogP contribution >= 0.6 is 0 Å². The first-order chi connectivity index (χ1) is 17.1. The minimum Gasteiger partial charge on any atom is -0.507 e. The number of aliphatic hydroxyl groups excluding tert-OH is 1. The lowest BCUT2D eigenvalue weighted by Crippen LogP contribution is -2.29. The van der Waals surface area contributed by atoms with E-state index in [0.717, 1.165) is 17.4 Å². The average Bonchev–Trinajstić information content (AvgIpc) is 3.13. The van der Waals surface area contributed by atoms with Gasteiger partial charge in [-0.05, 0) is 60.2 Å². The third-order valence-corrected chi connectivity index (χ3v) is 6.23. The summed E-state index contributed by atoms with van der Waals surface area (Å²) in [6, 6.07) is 17.3. The first-order valence-electron chi connectivity index (χ1n) is 11.3. The Morgan fingerprint density at radius 3 is 1.97 bits per heavy atom. The molecule has 0 aromatic heterocycles. The quantitative estimate of drug-likeness (QED) is 0.310. The molecule has 0 radical (unpaired) electrons. The molecule has 3 aromatic rings. The molecule has 1 unspecified atom stereocenters. The molecule has 1 aliphatic rings. The Morgan fingerprint density at radius 1 is 0.889 bits per heavy atom. The minimum absolute atomic E-state index is 0.00614. The zero-order chi connectivity index (χ0) is 26.1. The van der Waals surface area contributed by atoms with Crippen LogP contribution in [0.25, 0.3) is 5.76 Å². The highest BCUT2D eigenvalue weighted by molar-refractivity contribution is 6.51. The SMILES string of the molecule is COc1ccc(F)cc1/C(O)=C1\C(=O)C(=O)N(c2ccc(N(C)C)cc2)C1c1ccc(N(C)C)cc1. The lowest BCUT2D eigenvalue weighted by Gasteiger charge is -2.26. The highest BCUT2D eigenvalue weighted by Crippen LogP contribution is 2.43. The van der Waals surface area contributed by atoms with E-state index in [2.05, 4.69) is 0 Å². The summed E-state index contributed by atoms with van der Waals surface area (Å²) in [7, 11) is 9.00. The Labute approximate surface area is 209 Å². The smallest absolute Gasteiger partial charge is 0.300 e. The fourth-order valence-electron chi connectivity index (χ4n) is 4.29. The molecule has 7 nitrogen and oxygen atoms in total. The van der Waals surface area contributed by atoms with Gasteiger partial charge >= 0.3 is 0 Å². The molecule has 3 aromatic carbocycles. The van der Waals surface area contributed by atoms with Gasteiger partial charge in [0.05, 0.1) is 24.3 Å². The van der Waals surface area contributed by atoms with Gasteiger partial charge in [0.1, 0.15) is 17.3 Å². The van der Waals surface area contributed by atoms with Crippen LogP contribution in [-0.4, -0.2) is 52.1 Å². The van der Waals surface area contributed by atoms with Crippen molar-refractivity contribution in [3.63, 3.8) is 0 Å². The average molecular weight is 490 g/mol. The molecule has 1 amide bonds. The number of amides is 1. The van der Waals surface area contributed by atoms with Gasteiger partial charge in [0.25, 0.3) is 11.7 Å². The Bertz CT molecular complexity index is 1330. The van der Waals surface area contributed by atoms with Crippen molar-refractivity contribution in [1.29, 1.82) is 0 Å². The topological polar surface area (TPSA) is 73.3 Å². The Hall–Kier alpha value is -4.33. The minimum atomic E-state index is -0.931. The summed E-state index contributed by atoms with van der Waals surface area (Å²) in [4.78, 5) is 31.9. The van der Waals surface area contributed by atoms with Gasteiger partial charge in [-0.1, -0.05) is 12.1 Å². The molecule has 1 atom stereocenters. The van der Waals surface area contributed by atoms with Crippen LogP contribution in [0.5, 0.6) is 5.75 Å². The number of benzene rings is 3. The van der Waals surface area contributed by atoms with Crippen LogP contribution in [0.15, 0.2) is 72.3 Å². The Kier molecular flexibility index (Phi) is 6.70. The fourth-order valence-corrected chi connectivity index (χ4v) is 4.29. The predicted octanol–water partition coefficient (Wildman–Crippen LogP) is 4.59. The van der Waals surface area contributed by atoms with Gasteiger partial charge in [-0.15, -0.1) is 0 Å². The summed E-state index contributed by atoms with van der Waals surface area (Å²) in [5.41, 5.74) is 2.82. The zero-order valence-electron chi connectivity index (χ0n) is 20.8. The second-order valence-electron chi connectivity index (χ2n) is 8.91. The van der Waals surface area contributed by atoms with Crippen molar-refractivity contribution in [3.8, 4) is 5.75 Å². The fraction of sp³-hybridized carbons (Fsp3) is 0.214. The number of anilines is 3. The summed E-state index contributed by atoms with van der Waals surface area (Å²) < 4.78 is 19.4. The van der Waals surface area contributed by atoms with E-state index < -0.39 is 29.3 Å². The van der Waals surface area contributed by atoms with Crippen LogP contribution in [0.3, 0.4) is 0 Å². The monoisotopic (exact) mass is 489 g/mol. The third-order valence-electron chi connectivity index (χ3n) is 6.23. The maximum Gasteiger partial charge on any atom is 0.300 e. The molecule has 1 aliphatic heterocycles. The molecule has 1 saturated heterocycles. The Morgan fingerprint density at radius 2 is 1.44 bits per heavy atom. The first-order valence-corrected chi connectivity index (χ1v) is 11.3. The van der Waals surface area contributed by atoms with Crippen molar-refractivity contribution in [2.24, 2.45) is 0 Å². The van der Waals surface area contributed by atoms with Crippen molar-refractivity contribution in [2.75, 3.05) is 50.0 Å². The number of Topliss-reactive ketones (excluding diaryl/α,β-unsaturated/α-hetero) is 1. The van der Waals surface area contributed by atoms with E-state index in [4.69, 9.17) is 4.74 Å². The van der Waals surface area contributed by atoms with Gasteiger partial charge in [-0.2, -0.15) is 0 Å². The number of aliphatic hydroxyl groups is 1. The number of methoxy groups -OCH3 is 1. The number of hydrogen-bond donors (Lipinski definition) is 1. The molecule has 1 heterocycles. The van der Waals surface area contributed by atoms with Crippen LogP contribution < -0.4 is 19.4 Å². The number of halogens is 1. The van der Waals surface area contributed by atoms with Crippen LogP contribution in [0.2, 0.25) is 0 Å². The maximum absolute atomic E-state index is 14.1. The van der Waals surface area contributed by atoms with E-state index in [1.807, 2.05) is 74.4 Å². The molecule has 1 fully saturated rings. The number of carbonyl (C=O) groups excluding carboxylic acids is 2. The lowest BCUT2D eigenvalue weighted by molar-refractivity contribution is -0.132. The van der Waals surface area contributed by atoms with E-state index in [1.54, 1.807) is 12.1 Å². The van der Waals surface area contributed by atoms with Crippen molar-refractivity contribution in [2.45, 2.75) is 6.04 Å². The van der Waals surface area contributed by atoms with Gasteiger partial charge in [0.15, 0.2) is 0 Å². The molecule has 186 valence electrons. The molecule has 4 rings (SSSR count). The number of hydrogen-bond acceptors (Lipinski definition) is 6. The predicted molar refractivity (Wildman–Crippen MR) is 139 cm³/mol. The maximum atomic E-state index is 14.1. The second kappa shape index (κ2) is 9.73. The summed E-state index contributed by atoms with van der Waals surface area (Å²) in [6.45, 7) is 0. The van der Waals surface area contributed by atoms with Crippen molar-refractivity contribution < 1.29 is 23.8 Å². The van der Waals surface area contributed by atoms with Crippen LogP contribution in [0.1, 0.15) is 17.2 Å². The first kappa shape index (κ1) is 24.8. The van der Waals surface area contributed by atoms with Crippen LogP contribution in [0.4, 0.5) is 21.5 Å². The van der Waals surface area contributed by atoms with Crippen LogP contribution in [-0.2, 0) is 9.59 Å². The second-order valence-corrected chi connectivity index (χ2v) is 8.91. The van der Waals surface area contributed by atoms with Gasteiger partial charge in [0.2, 0.25) is 0 Å².